The summed E-state index contributed by atoms with van der Waals surface area (Å²) in [6, 6.07) is 4.76. The van der Waals surface area contributed by atoms with Crippen molar-refractivity contribution in [3.8, 4) is 0 Å². The van der Waals surface area contributed by atoms with E-state index in [0.29, 0.717) is 31.5 Å². The second-order valence-electron chi connectivity index (χ2n) is 4.98. The van der Waals surface area contributed by atoms with Crippen molar-refractivity contribution in [2.75, 3.05) is 13.1 Å². The van der Waals surface area contributed by atoms with E-state index in [4.69, 9.17) is 18.0 Å². The van der Waals surface area contributed by atoms with E-state index in [1.165, 1.54) is 10.4 Å². The summed E-state index contributed by atoms with van der Waals surface area (Å²) in [7, 11) is -3.51. The van der Waals surface area contributed by atoms with Crippen molar-refractivity contribution in [3.63, 3.8) is 0 Å². The summed E-state index contributed by atoms with van der Waals surface area (Å²) in [4.78, 5) is 0.499. The van der Waals surface area contributed by atoms with Crippen molar-refractivity contribution in [1.82, 2.24) is 4.31 Å². The van der Waals surface area contributed by atoms with Crippen LogP contribution in [-0.2, 0) is 10.0 Å². The van der Waals surface area contributed by atoms with Gasteiger partial charge in [-0.1, -0.05) is 18.3 Å². The number of sulfonamides is 1. The standard InChI is InChI=1S/C13H18N2O3S2/c1-9-8-11(2-3-12(9)13(14)19)20(17,18)15-6-4-10(16)5-7-15/h2-3,8,10,16H,4-7H2,1H3,(H2,14,19). The van der Waals surface area contributed by atoms with Gasteiger partial charge in [0.1, 0.15) is 4.99 Å². The number of aliphatic hydroxyl groups excluding tert-OH is 1. The molecule has 1 aromatic carbocycles. The maximum absolute atomic E-state index is 12.5. The summed E-state index contributed by atoms with van der Waals surface area (Å²) in [6.07, 6.45) is 0.548. The molecule has 2 rings (SSSR count). The molecule has 1 aromatic rings. The number of hydrogen-bond donors (Lipinski definition) is 2. The quantitative estimate of drug-likeness (QED) is 0.805. The second kappa shape index (κ2) is 5.77. The maximum atomic E-state index is 12.5. The van der Waals surface area contributed by atoms with E-state index in [1.807, 2.05) is 0 Å². The van der Waals surface area contributed by atoms with Gasteiger partial charge in [0.15, 0.2) is 0 Å². The Morgan fingerprint density at radius 3 is 2.50 bits per heavy atom. The fraction of sp³-hybridized carbons (Fsp3) is 0.462. The van der Waals surface area contributed by atoms with Crippen LogP contribution in [0, 0.1) is 6.92 Å². The van der Waals surface area contributed by atoms with Crippen molar-refractivity contribution in [2.24, 2.45) is 5.73 Å². The first-order valence-electron chi connectivity index (χ1n) is 6.41. The lowest BCUT2D eigenvalue weighted by Gasteiger charge is -2.28. The molecular formula is C13H18N2O3S2. The fourth-order valence-corrected chi connectivity index (χ4v) is 4.09. The molecule has 20 heavy (non-hydrogen) atoms. The number of aliphatic hydroxyl groups is 1. The van der Waals surface area contributed by atoms with Gasteiger partial charge in [-0.3, -0.25) is 0 Å². The normalized spacial score (nSPS) is 18.1. The third-order valence-corrected chi connectivity index (χ3v) is 5.64. The predicted octanol–water partition coefficient (Wildman–Crippen LogP) is 0.775. The Morgan fingerprint density at radius 2 is 2.00 bits per heavy atom. The number of rotatable bonds is 3. The van der Waals surface area contributed by atoms with Gasteiger partial charge in [0.2, 0.25) is 10.0 Å². The lowest BCUT2D eigenvalue weighted by atomic mass is 10.1. The van der Waals surface area contributed by atoms with E-state index in [1.54, 1.807) is 19.1 Å². The zero-order chi connectivity index (χ0) is 14.9. The minimum atomic E-state index is -3.51. The average Bonchev–Trinajstić information content (AvgIpc) is 2.38. The minimum Gasteiger partial charge on any atom is -0.393 e. The smallest absolute Gasteiger partial charge is 0.243 e. The van der Waals surface area contributed by atoms with Crippen LogP contribution < -0.4 is 5.73 Å². The van der Waals surface area contributed by atoms with Crippen LogP contribution in [0.25, 0.3) is 0 Å². The van der Waals surface area contributed by atoms with E-state index in [9.17, 15) is 13.5 Å². The molecule has 0 saturated carbocycles. The second-order valence-corrected chi connectivity index (χ2v) is 7.35. The van der Waals surface area contributed by atoms with Crippen LogP contribution in [0.15, 0.2) is 23.1 Å². The largest absolute Gasteiger partial charge is 0.393 e. The highest BCUT2D eigenvalue weighted by Crippen LogP contribution is 2.22. The molecule has 1 heterocycles. The van der Waals surface area contributed by atoms with Gasteiger partial charge < -0.3 is 10.8 Å². The molecule has 1 aliphatic heterocycles. The molecule has 0 aromatic heterocycles. The molecule has 0 radical (unpaired) electrons. The molecule has 0 amide bonds. The third-order valence-electron chi connectivity index (χ3n) is 3.52. The topological polar surface area (TPSA) is 83.6 Å². The predicted molar refractivity (Wildman–Crippen MR) is 81.1 cm³/mol. The number of piperidine rings is 1. The van der Waals surface area contributed by atoms with Crippen molar-refractivity contribution < 1.29 is 13.5 Å². The fourth-order valence-electron chi connectivity index (χ4n) is 2.30. The highest BCUT2D eigenvalue weighted by molar-refractivity contribution is 7.89. The van der Waals surface area contributed by atoms with Crippen LogP contribution in [0.4, 0.5) is 0 Å². The van der Waals surface area contributed by atoms with Crippen LogP contribution in [0.3, 0.4) is 0 Å². The SMILES string of the molecule is Cc1cc(S(=O)(=O)N2CCC(O)CC2)ccc1C(N)=S. The summed E-state index contributed by atoms with van der Waals surface area (Å²) in [5.74, 6) is 0. The molecule has 1 fully saturated rings. The van der Waals surface area contributed by atoms with Gasteiger partial charge in [-0.2, -0.15) is 4.31 Å². The van der Waals surface area contributed by atoms with E-state index in [2.05, 4.69) is 0 Å². The Labute approximate surface area is 124 Å². The van der Waals surface area contributed by atoms with Crippen LogP contribution >= 0.6 is 12.2 Å². The minimum absolute atomic E-state index is 0.242. The van der Waals surface area contributed by atoms with Gasteiger partial charge in [-0.25, -0.2) is 8.42 Å². The molecule has 7 heteroatoms. The van der Waals surface area contributed by atoms with Gasteiger partial charge in [0.25, 0.3) is 0 Å². The monoisotopic (exact) mass is 314 g/mol. The summed E-state index contributed by atoms with van der Waals surface area (Å²) in [6.45, 7) is 2.48. The molecule has 0 atom stereocenters. The Hall–Kier alpha value is -1.02. The number of nitrogens with two attached hydrogens (primary N) is 1. The van der Waals surface area contributed by atoms with Gasteiger partial charge in [0, 0.05) is 18.7 Å². The lowest BCUT2D eigenvalue weighted by Crippen LogP contribution is -2.40. The van der Waals surface area contributed by atoms with Gasteiger partial charge in [-0.15, -0.1) is 0 Å². The molecule has 3 N–H and O–H groups in total. The summed E-state index contributed by atoms with van der Waals surface area (Å²) >= 11 is 4.91. The maximum Gasteiger partial charge on any atom is 0.243 e. The van der Waals surface area contributed by atoms with Crippen LogP contribution in [-0.4, -0.2) is 42.0 Å². The molecule has 110 valence electrons. The molecule has 1 aliphatic rings. The number of thiocarbonyl (C=S) groups is 1. The Bertz CT molecular complexity index is 621. The summed E-state index contributed by atoms with van der Waals surface area (Å²) in [5, 5.41) is 9.46. The van der Waals surface area contributed by atoms with Crippen molar-refractivity contribution in [1.29, 1.82) is 0 Å². The molecule has 0 spiro atoms. The highest BCUT2D eigenvalue weighted by Gasteiger charge is 2.28. The highest BCUT2D eigenvalue weighted by atomic mass is 32.2. The Kier molecular flexibility index (Phi) is 4.43. The lowest BCUT2D eigenvalue weighted by molar-refractivity contribution is 0.113. The van der Waals surface area contributed by atoms with Gasteiger partial charge in [-0.05, 0) is 37.5 Å². The van der Waals surface area contributed by atoms with E-state index >= 15 is 0 Å². The molecule has 1 saturated heterocycles. The van der Waals surface area contributed by atoms with Crippen molar-refractivity contribution in [2.45, 2.75) is 30.8 Å². The molecule has 0 bridgehead atoms. The number of hydrogen-bond acceptors (Lipinski definition) is 4. The number of nitrogens with zero attached hydrogens (tertiary/aromatic N) is 1. The Balaban J connectivity index is 2.30. The van der Waals surface area contributed by atoms with Crippen LogP contribution in [0.1, 0.15) is 24.0 Å². The zero-order valence-corrected chi connectivity index (χ0v) is 12.9. The van der Waals surface area contributed by atoms with Gasteiger partial charge >= 0.3 is 0 Å². The van der Waals surface area contributed by atoms with E-state index in [-0.39, 0.29) is 9.88 Å². The summed E-state index contributed by atoms with van der Waals surface area (Å²) in [5.41, 5.74) is 7.01. The zero-order valence-electron chi connectivity index (χ0n) is 11.2. The average molecular weight is 314 g/mol. The van der Waals surface area contributed by atoms with Crippen LogP contribution in [0.2, 0.25) is 0 Å². The van der Waals surface area contributed by atoms with Crippen molar-refractivity contribution >= 4 is 27.2 Å². The molecule has 5 nitrogen and oxygen atoms in total. The third kappa shape index (κ3) is 3.01. The molecule has 0 aliphatic carbocycles. The van der Waals surface area contributed by atoms with Crippen LogP contribution in [0.5, 0.6) is 0 Å². The van der Waals surface area contributed by atoms with E-state index < -0.39 is 16.1 Å². The first-order chi connectivity index (χ1) is 9.32. The van der Waals surface area contributed by atoms with E-state index in [0.717, 1.165) is 5.56 Å². The first-order valence-corrected chi connectivity index (χ1v) is 8.26. The Morgan fingerprint density at radius 1 is 1.40 bits per heavy atom. The molecule has 0 unspecified atom stereocenters. The van der Waals surface area contributed by atoms with Crippen molar-refractivity contribution in [3.05, 3.63) is 29.3 Å². The number of aryl methyl sites for hydroxylation is 1. The number of benzene rings is 1. The van der Waals surface area contributed by atoms with Gasteiger partial charge in [0.05, 0.1) is 11.0 Å². The first kappa shape index (κ1) is 15.4. The summed E-state index contributed by atoms with van der Waals surface area (Å²) < 4.78 is 26.4. The molecular weight excluding hydrogens is 296 g/mol.